The molecule has 6 nitrogen and oxygen atoms in total. The van der Waals surface area contributed by atoms with Crippen LogP contribution in [-0.4, -0.2) is 21.8 Å². The van der Waals surface area contributed by atoms with Gasteiger partial charge in [-0.1, -0.05) is 22.0 Å². The number of rotatable bonds is 5. The second-order valence-corrected chi connectivity index (χ2v) is 4.17. The highest BCUT2D eigenvalue weighted by atomic mass is 79.9. The molecular weight excluding hydrogens is 294 g/mol. The second-order valence-electron chi connectivity index (χ2n) is 3.26. The van der Waals surface area contributed by atoms with Gasteiger partial charge in [0.05, 0.1) is 4.92 Å². The summed E-state index contributed by atoms with van der Waals surface area (Å²) in [5.41, 5.74) is 0.213. The Labute approximate surface area is 105 Å². The molecule has 0 fully saturated rings. The van der Waals surface area contributed by atoms with Crippen LogP contribution in [0.5, 0.6) is 0 Å². The zero-order valence-electron chi connectivity index (χ0n) is 8.55. The summed E-state index contributed by atoms with van der Waals surface area (Å²) in [4.78, 5) is 31.4. The number of Topliss-reactive ketones (excluding diaryl/α,β-unsaturated/α-hetero) is 1. The maximum absolute atomic E-state index is 10.9. The first-order valence-corrected chi connectivity index (χ1v) is 5.40. The Kier molecular flexibility index (Phi) is 4.33. The van der Waals surface area contributed by atoms with Crippen LogP contribution in [0.15, 0.2) is 22.7 Å². The van der Waals surface area contributed by atoms with Crippen LogP contribution in [0.3, 0.4) is 0 Å². The molecule has 0 saturated carbocycles. The Bertz CT molecular complexity index is 486. The summed E-state index contributed by atoms with van der Waals surface area (Å²) in [6.45, 7) is 0. The Morgan fingerprint density at radius 2 is 2.06 bits per heavy atom. The first-order valence-electron chi connectivity index (χ1n) is 4.60. The Morgan fingerprint density at radius 3 is 2.59 bits per heavy atom. The van der Waals surface area contributed by atoms with E-state index in [-0.39, 0.29) is 18.5 Å². The number of carbonyl (C=O) groups excluding carboxylic acids is 1. The van der Waals surface area contributed by atoms with E-state index in [0.29, 0.717) is 10.0 Å². The fourth-order valence-corrected chi connectivity index (χ4v) is 1.62. The smallest absolute Gasteiger partial charge is 0.372 e. The number of nitro benzene ring substituents is 1. The van der Waals surface area contributed by atoms with Gasteiger partial charge in [-0.3, -0.25) is 14.9 Å². The number of halogens is 1. The highest BCUT2D eigenvalue weighted by molar-refractivity contribution is 9.10. The molecule has 0 aliphatic rings. The number of aryl methyl sites for hydroxylation is 1. The van der Waals surface area contributed by atoms with E-state index in [0.717, 1.165) is 0 Å². The van der Waals surface area contributed by atoms with Crippen molar-refractivity contribution in [1.82, 2.24) is 0 Å². The number of carbonyl (C=O) groups is 2. The molecule has 0 aliphatic heterocycles. The van der Waals surface area contributed by atoms with E-state index >= 15 is 0 Å². The molecule has 17 heavy (non-hydrogen) atoms. The highest BCUT2D eigenvalue weighted by Gasteiger charge is 2.17. The summed E-state index contributed by atoms with van der Waals surface area (Å²) in [5.74, 6) is -2.48. The van der Waals surface area contributed by atoms with Crippen LogP contribution in [0.25, 0.3) is 0 Å². The van der Waals surface area contributed by atoms with Gasteiger partial charge in [-0.15, -0.1) is 0 Å². The summed E-state index contributed by atoms with van der Waals surface area (Å²) in [6, 6.07) is 4.42. The molecule has 0 unspecified atom stereocenters. The van der Waals surface area contributed by atoms with Crippen LogP contribution in [0.2, 0.25) is 0 Å². The Balaban J connectivity index is 2.87. The first kappa shape index (κ1) is 13.3. The van der Waals surface area contributed by atoms with Gasteiger partial charge in [0.25, 0.3) is 5.69 Å². The molecule has 1 N–H and O–H groups in total. The zero-order valence-corrected chi connectivity index (χ0v) is 10.1. The van der Waals surface area contributed by atoms with E-state index in [4.69, 9.17) is 5.11 Å². The van der Waals surface area contributed by atoms with Gasteiger partial charge >= 0.3 is 5.97 Å². The van der Waals surface area contributed by atoms with Gasteiger partial charge in [-0.05, 0) is 12.5 Å². The topological polar surface area (TPSA) is 97.5 Å². The van der Waals surface area contributed by atoms with Crippen molar-refractivity contribution in [2.45, 2.75) is 12.8 Å². The minimum atomic E-state index is -1.52. The van der Waals surface area contributed by atoms with Gasteiger partial charge < -0.3 is 5.11 Å². The maximum Gasteiger partial charge on any atom is 0.372 e. The minimum Gasteiger partial charge on any atom is -0.476 e. The van der Waals surface area contributed by atoms with Gasteiger partial charge in [0, 0.05) is 22.5 Å². The molecular formula is C10H8BrNO5. The zero-order chi connectivity index (χ0) is 13.0. The third kappa shape index (κ3) is 3.63. The van der Waals surface area contributed by atoms with Crippen LogP contribution < -0.4 is 0 Å². The van der Waals surface area contributed by atoms with Crippen molar-refractivity contribution in [2.75, 3.05) is 0 Å². The monoisotopic (exact) mass is 301 g/mol. The lowest BCUT2D eigenvalue weighted by Gasteiger charge is -2.02. The molecule has 0 atom stereocenters. The third-order valence-electron chi connectivity index (χ3n) is 2.10. The lowest BCUT2D eigenvalue weighted by molar-refractivity contribution is -0.385. The molecule has 1 rings (SSSR count). The average molecular weight is 302 g/mol. The molecule has 1 aromatic rings. The van der Waals surface area contributed by atoms with Crippen LogP contribution >= 0.6 is 15.9 Å². The number of aliphatic carboxylic acids is 1. The highest BCUT2D eigenvalue weighted by Crippen LogP contribution is 2.24. The van der Waals surface area contributed by atoms with Gasteiger partial charge in [0.1, 0.15) is 0 Å². The summed E-state index contributed by atoms with van der Waals surface area (Å²) in [5, 5.41) is 19.1. The summed E-state index contributed by atoms with van der Waals surface area (Å²) in [7, 11) is 0. The lowest BCUT2D eigenvalue weighted by Crippen LogP contribution is -2.13. The normalized spacial score (nSPS) is 9.94. The minimum absolute atomic E-state index is 0.0364. The standard InChI is InChI=1S/C10H8BrNO5/c11-7-3-1-6(8(5-7)12(16)17)2-4-9(13)10(14)15/h1,3,5H,2,4H2,(H,14,15). The van der Waals surface area contributed by atoms with E-state index in [9.17, 15) is 19.7 Å². The van der Waals surface area contributed by atoms with Crippen molar-refractivity contribution < 1.29 is 19.6 Å². The van der Waals surface area contributed by atoms with E-state index in [1.165, 1.54) is 12.1 Å². The van der Waals surface area contributed by atoms with E-state index < -0.39 is 16.7 Å². The molecule has 7 heteroatoms. The van der Waals surface area contributed by atoms with Crippen LogP contribution in [0.1, 0.15) is 12.0 Å². The predicted octanol–water partition coefficient (Wildman–Crippen LogP) is 1.94. The van der Waals surface area contributed by atoms with Crippen molar-refractivity contribution in [3.8, 4) is 0 Å². The number of hydrogen-bond acceptors (Lipinski definition) is 4. The van der Waals surface area contributed by atoms with Crippen molar-refractivity contribution >= 4 is 33.4 Å². The quantitative estimate of drug-likeness (QED) is 0.509. The average Bonchev–Trinajstić information content (AvgIpc) is 2.26. The van der Waals surface area contributed by atoms with Crippen LogP contribution in [-0.2, 0) is 16.0 Å². The SMILES string of the molecule is O=C(O)C(=O)CCc1ccc(Br)cc1[N+](=O)[O-]. The molecule has 0 heterocycles. The van der Waals surface area contributed by atoms with Gasteiger partial charge in [-0.25, -0.2) is 4.79 Å². The van der Waals surface area contributed by atoms with Crippen molar-refractivity contribution in [3.05, 3.63) is 38.3 Å². The predicted molar refractivity (Wildman–Crippen MR) is 61.8 cm³/mol. The maximum atomic E-state index is 10.9. The number of hydrogen-bond donors (Lipinski definition) is 1. The molecule has 0 amide bonds. The van der Waals surface area contributed by atoms with Gasteiger partial charge in [-0.2, -0.15) is 0 Å². The first-order chi connectivity index (χ1) is 7.91. The fourth-order valence-electron chi connectivity index (χ4n) is 1.27. The lowest BCUT2D eigenvalue weighted by atomic mass is 10.1. The Morgan fingerprint density at radius 1 is 1.41 bits per heavy atom. The number of carboxylic acids is 1. The fraction of sp³-hybridized carbons (Fsp3) is 0.200. The molecule has 0 bridgehead atoms. The summed E-state index contributed by atoms with van der Waals surface area (Å²) >= 11 is 3.10. The molecule has 0 spiro atoms. The van der Waals surface area contributed by atoms with Crippen molar-refractivity contribution in [1.29, 1.82) is 0 Å². The number of nitrogens with zero attached hydrogens (tertiary/aromatic N) is 1. The number of benzene rings is 1. The molecule has 0 saturated heterocycles. The second kappa shape index (κ2) is 5.53. The van der Waals surface area contributed by atoms with E-state index in [2.05, 4.69) is 15.9 Å². The molecule has 0 radical (unpaired) electrons. The molecule has 1 aromatic carbocycles. The molecule has 90 valence electrons. The molecule has 0 aliphatic carbocycles. The number of carboxylic acid groups (broad SMARTS) is 1. The van der Waals surface area contributed by atoms with E-state index in [1.54, 1.807) is 6.07 Å². The van der Waals surface area contributed by atoms with Crippen LogP contribution in [0.4, 0.5) is 5.69 Å². The van der Waals surface area contributed by atoms with E-state index in [1.807, 2.05) is 0 Å². The number of nitro groups is 1. The van der Waals surface area contributed by atoms with Gasteiger partial charge in [0.2, 0.25) is 5.78 Å². The third-order valence-corrected chi connectivity index (χ3v) is 2.60. The van der Waals surface area contributed by atoms with Crippen molar-refractivity contribution in [2.24, 2.45) is 0 Å². The molecule has 0 aromatic heterocycles. The van der Waals surface area contributed by atoms with Crippen molar-refractivity contribution in [3.63, 3.8) is 0 Å². The number of ketones is 1. The summed E-state index contributed by atoms with van der Waals surface area (Å²) < 4.78 is 0.553. The van der Waals surface area contributed by atoms with Gasteiger partial charge in [0.15, 0.2) is 0 Å². The Hall–Kier alpha value is -1.76. The summed E-state index contributed by atoms with van der Waals surface area (Å²) in [6.07, 6.45) is -0.216. The van der Waals surface area contributed by atoms with Crippen LogP contribution in [0, 0.1) is 10.1 Å². The largest absolute Gasteiger partial charge is 0.476 e.